The Balaban J connectivity index is 1.73. The molecule has 0 saturated carbocycles. The second-order valence-electron chi connectivity index (χ2n) is 12.0. The first-order valence-electron chi connectivity index (χ1n) is 14.5. The number of anilines is 1. The number of alkyl carbamates (subject to hydrolysis) is 1. The summed E-state index contributed by atoms with van der Waals surface area (Å²) in [5.74, 6) is -0.890. The number of rotatable bonds is 9. The quantitative estimate of drug-likeness (QED) is 0.179. The van der Waals surface area contributed by atoms with E-state index in [0.717, 1.165) is 10.8 Å². The van der Waals surface area contributed by atoms with Gasteiger partial charge in [-0.05, 0) is 92.9 Å². The van der Waals surface area contributed by atoms with Crippen LogP contribution in [0.2, 0.25) is 0 Å². The standard InChI is InChI=1S/C35H39N3O6/c1-22(2)38(33(42)30(37-34(43)44-35(3,4)5)20-23-10-16-28(39)17-11-23)31(25-13-18-29(40)19-14-25)32(41)36-27-15-12-24-8-6-7-9-26(24)21-27/h6-19,21-22,30-31,39-40H,20H2,1-5H3,(H,36,41)(H,37,43). The summed E-state index contributed by atoms with van der Waals surface area (Å²) in [6.45, 7) is 8.75. The normalized spacial score (nSPS) is 12.8. The summed E-state index contributed by atoms with van der Waals surface area (Å²) < 4.78 is 5.47. The molecule has 2 atom stereocenters. The van der Waals surface area contributed by atoms with Crippen molar-refractivity contribution in [1.82, 2.24) is 10.2 Å². The Labute approximate surface area is 257 Å². The van der Waals surface area contributed by atoms with Crippen molar-refractivity contribution < 1.29 is 29.3 Å². The largest absolute Gasteiger partial charge is 0.508 e. The van der Waals surface area contributed by atoms with Gasteiger partial charge < -0.3 is 30.5 Å². The van der Waals surface area contributed by atoms with Gasteiger partial charge in [-0.2, -0.15) is 0 Å². The molecular formula is C35H39N3O6. The molecule has 44 heavy (non-hydrogen) atoms. The molecule has 4 N–H and O–H groups in total. The first-order valence-corrected chi connectivity index (χ1v) is 14.5. The van der Waals surface area contributed by atoms with Crippen LogP contribution < -0.4 is 10.6 Å². The van der Waals surface area contributed by atoms with Crippen LogP contribution in [0.3, 0.4) is 0 Å². The van der Waals surface area contributed by atoms with Gasteiger partial charge in [-0.15, -0.1) is 0 Å². The molecule has 3 amide bonds. The van der Waals surface area contributed by atoms with Crippen molar-refractivity contribution in [3.63, 3.8) is 0 Å². The number of ether oxygens (including phenoxy) is 1. The fourth-order valence-electron chi connectivity index (χ4n) is 4.95. The summed E-state index contributed by atoms with van der Waals surface area (Å²) >= 11 is 0. The molecule has 0 radical (unpaired) electrons. The fourth-order valence-corrected chi connectivity index (χ4v) is 4.95. The van der Waals surface area contributed by atoms with Gasteiger partial charge >= 0.3 is 6.09 Å². The molecule has 0 bridgehead atoms. The third-order valence-electron chi connectivity index (χ3n) is 6.93. The van der Waals surface area contributed by atoms with Crippen molar-refractivity contribution in [2.45, 2.75) is 64.8 Å². The summed E-state index contributed by atoms with van der Waals surface area (Å²) in [5.41, 5.74) is 0.912. The number of nitrogens with one attached hydrogen (secondary N) is 2. The van der Waals surface area contributed by atoms with E-state index in [1.807, 2.05) is 36.4 Å². The highest BCUT2D eigenvalue weighted by molar-refractivity contribution is 6.00. The molecule has 0 aromatic heterocycles. The van der Waals surface area contributed by atoms with Crippen molar-refractivity contribution in [2.24, 2.45) is 0 Å². The lowest BCUT2D eigenvalue weighted by Gasteiger charge is -2.37. The van der Waals surface area contributed by atoms with Crippen molar-refractivity contribution in [3.8, 4) is 11.5 Å². The van der Waals surface area contributed by atoms with E-state index in [1.165, 1.54) is 29.2 Å². The summed E-state index contributed by atoms with van der Waals surface area (Å²) in [6, 6.07) is 23.1. The van der Waals surface area contributed by atoms with Crippen LogP contribution in [0.15, 0.2) is 91.0 Å². The molecule has 0 saturated heterocycles. The van der Waals surface area contributed by atoms with Crippen molar-refractivity contribution in [3.05, 3.63) is 102 Å². The highest BCUT2D eigenvalue weighted by Gasteiger charge is 2.38. The molecule has 0 heterocycles. The second-order valence-corrected chi connectivity index (χ2v) is 12.0. The molecular weight excluding hydrogens is 558 g/mol. The average Bonchev–Trinajstić information content (AvgIpc) is 2.95. The number of hydrogen-bond acceptors (Lipinski definition) is 6. The first kappa shape index (κ1) is 31.9. The van der Waals surface area contributed by atoms with E-state index in [4.69, 9.17) is 4.74 Å². The summed E-state index contributed by atoms with van der Waals surface area (Å²) in [5, 5.41) is 27.4. The average molecular weight is 598 g/mol. The molecule has 4 rings (SSSR count). The number of benzene rings is 4. The minimum Gasteiger partial charge on any atom is -0.508 e. The zero-order valence-electron chi connectivity index (χ0n) is 25.6. The van der Waals surface area contributed by atoms with Gasteiger partial charge in [0.05, 0.1) is 0 Å². The summed E-state index contributed by atoms with van der Waals surface area (Å²) in [4.78, 5) is 42.9. The topological polar surface area (TPSA) is 128 Å². The molecule has 0 aliphatic carbocycles. The maximum atomic E-state index is 14.4. The smallest absolute Gasteiger partial charge is 0.408 e. The maximum Gasteiger partial charge on any atom is 0.408 e. The number of carbonyl (C=O) groups excluding carboxylic acids is 3. The van der Waals surface area contributed by atoms with E-state index < -0.39 is 41.6 Å². The predicted molar refractivity (Wildman–Crippen MR) is 170 cm³/mol. The van der Waals surface area contributed by atoms with Gasteiger partial charge in [-0.1, -0.05) is 54.6 Å². The van der Waals surface area contributed by atoms with Crippen LogP contribution in [0.25, 0.3) is 10.8 Å². The van der Waals surface area contributed by atoms with Crippen molar-refractivity contribution in [2.75, 3.05) is 5.32 Å². The van der Waals surface area contributed by atoms with Crippen LogP contribution in [0.4, 0.5) is 10.5 Å². The Kier molecular flexibility index (Phi) is 9.78. The van der Waals surface area contributed by atoms with Crippen LogP contribution in [-0.2, 0) is 20.7 Å². The first-order chi connectivity index (χ1) is 20.8. The lowest BCUT2D eigenvalue weighted by Crippen LogP contribution is -2.55. The van der Waals surface area contributed by atoms with Crippen molar-refractivity contribution in [1.29, 1.82) is 0 Å². The van der Waals surface area contributed by atoms with Gasteiger partial charge in [0.25, 0.3) is 5.91 Å². The number of fused-ring (bicyclic) bond motifs is 1. The minimum atomic E-state index is -1.11. The number of phenolic OH excluding ortho intramolecular Hbond substituents is 2. The molecule has 0 aliphatic heterocycles. The van der Waals surface area contributed by atoms with Crippen LogP contribution in [-0.4, -0.2) is 50.7 Å². The third kappa shape index (κ3) is 8.28. The monoisotopic (exact) mass is 597 g/mol. The Bertz CT molecular complexity index is 1610. The highest BCUT2D eigenvalue weighted by atomic mass is 16.6. The molecule has 9 heteroatoms. The van der Waals surface area contributed by atoms with Gasteiger partial charge in [-0.25, -0.2) is 4.79 Å². The van der Waals surface area contributed by atoms with Gasteiger partial charge in [0, 0.05) is 18.2 Å². The van der Waals surface area contributed by atoms with E-state index in [1.54, 1.807) is 65.0 Å². The molecule has 2 unspecified atom stereocenters. The lowest BCUT2D eigenvalue weighted by atomic mass is 9.98. The number of nitrogens with zero attached hydrogens (tertiary/aromatic N) is 1. The third-order valence-corrected chi connectivity index (χ3v) is 6.93. The van der Waals surface area contributed by atoms with Gasteiger partial charge in [-0.3, -0.25) is 9.59 Å². The minimum absolute atomic E-state index is 0.0154. The zero-order chi connectivity index (χ0) is 32.0. The van der Waals surface area contributed by atoms with Gasteiger partial charge in [0.2, 0.25) is 5.91 Å². The number of amides is 3. The Morgan fingerprint density at radius 3 is 2.00 bits per heavy atom. The van der Waals surface area contributed by atoms with Crippen molar-refractivity contribution >= 4 is 34.4 Å². The number of phenols is 2. The SMILES string of the molecule is CC(C)N(C(=O)C(Cc1ccc(O)cc1)NC(=O)OC(C)(C)C)C(C(=O)Nc1ccc2ccccc2c1)c1ccc(O)cc1. The van der Waals surface area contributed by atoms with Crippen LogP contribution in [0.1, 0.15) is 51.8 Å². The number of hydrogen-bond donors (Lipinski definition) is 4. The Morgan fingerprint density at radius 2 is 1.41 bits per heavy atom. The molecule has 0 fully saturated rings. The summed E-state index contributed by atoms with van der Waals surface area (Å²) in [7, 11) is 0. The molecule has 230 valence electrons. The molecule has 0 aliphatic rings. The van der Waals surface area contributed by atoms with Crippen LogP contribution >= 0.6 is 0 Å². The Morgan fingerprint density at radius 1 is 0.818 bits per heavy atom. The van der Waals surface area contributed by atoms with Gasteiger partial charge in [0.15, 0.2) is 0 Å². The van der Waals surface area contributed by atoms with Crippen LogP contribution in [0, 0.1) is 0 Å². The summed E-state index contributed by atoms with van der Waals surface area (Å²) in [6.07, 6.45) is -0.698. The van der Waals surface area contributed by atoms with Gasteiger partial charge in [0.1, 0.15) is 29.2 Å². The molecule has 4 aromatic carbocycles. The molecule has 0 spiro atoms. The maximum absolute atomic E-state index is 14.4. The van der Waals surface area contributed by atoms with E-state index in [0.29, 0.717) is 16.8 Å². The molecule has 4 aromatic rings. The lowest BCUT2D eigenvalue weighted by molar-refractivity contribution is -0.142. The number of carbonyl (C=O) groups is 3. The second kappa shape index (κ2) is 13.5. The predicted octanol–water partition coefficient (Wildman–Crippen LogP) is 6.30. The fraction of sp³-hybridized carbons (Fsp3) is 0.286. The van der Waals surface area contributed by atoms with E-state index in [2.05, 4.69) is 10.6 Å². The zero-order valence-corrected chi connectivity index (χ0v) is 25.6. The van der Waals surface area contributed by atoms with Crippen LogP contribution in [0.5, 0.6) is 11.5 Å². The molecule has 9 nitrogen and oxygen atoms in total. The highest BCUT2D eigenvalue weighted by Crippen LogP contribution is 2.29. The van der Waals surface area contributed by atoms with E-state index >= 15 is 0 Å². The Hall–Kier alpha value is -5.05. The number of aromatic hydroxyl groups is 2. The van der Waals surface area contributed by atoms with E-state index in [-0.39, 0.29) is 17.9 Å². The van der Waals surface area contributed by atoms with E-state index in [9.17, 15) is 24.6 Å².